The van der Waals surface area contributed by atoms with Crippen LogP contribution < -0.4 is 10.5 Å². The van der Waals surface area contributed by atoms with Crippen molar-refractivity contribution < 1.29 is 13.5 Å². The Hall–Kier alpha value is -1.85. The van der Waals surface area contributed by atoms with Gasteiger partial charge in [-0.15, -0.1) is 0 Å². The smallest absolute Gasteiger partial charge is 0.190 e. The van der Waals surface area contributed by atoms with E-state index in [-0.39, 0.29) is 4.90 Å². The van der Waals surface area contributed by atoms with Crippen LogP contribution in [0.3, 0.4) is 0 Å². The number of nitrogen functional groups attached to an aromatic ring is 1. The Kier molecular flexibility index (Phi) is 3.41. The first kappa shape index (κ1) is 11.6. The highest BCUT2D eigenvalue weighted by molar-refractivity contribution is 7.79. The van der Waals surface area contributed by atoms with Crippen molar-refractivity contribution >= 4 is 16.8 Å². The maximum absolute atomic E-state index is 11.1. The molecule has 2 aromatic rings. The summed E-state index contributed by atoms with van der Waals surface area (Å²) in [4.78, 5) is 0.231. The summed E-state index contributed by atoms with van der Waals surface area (Å²) >= 11 is -2.08. The Labute approximate surface area is 101 Å². The Balaban J connectivity index is 2.33. The lowest BCUT2D eigenvalue weighted by atomic mass is 10.3. The van der Waals surface area contributed by atoms with Crippen molar-refractivity contribution in [2.45, 2.75) is 4.90 Å². The maximum atomic E-state index is 11.1. The maximum Gasteiger partial charge on any atom is 0.190 e. The van der Waals surface area contributed by atoms with Gasteiger partial charge in [0.05, 0.1) is 0 Å². The monoisotopic (exact) mass is 249 g/mol. The number of hydrogen-bond donors (Lipinski definition) is 2. The van der Waals surface area contributed by atoms with E-state index in [9.17, 15) is 4.21 Å². The number of benzene rings is 2. The predicted molar refractivity (Wildman–Crippen MR) is 66.4 cm³/mol. The lowest BCUT2D eigenvalue weighted by Crippen LogP contribution is -1.94. The van der Waals surface area contributed by atoms with Crippen molar-refractivity contribution in [3.05, 3.63) is 48.5 Å². The van der Waals surface area contributed by atoms with Gasteiger partial charge in [-0.25, -0.2) is 4.21 Å². The summed E-state index contributed by atoms with van der Waals surface area (Å²) < 4.78 is 25.7. The zero-order valence-electron chi connectivity index (χ0n) is 8.87. The zero-order chi connectivity index (χ0) is 12.3. The van der Waals surface area contributed by atoms with E-state index in [1.165, 1.54) is 6.07 Å². The average molecular weight is 249 g/mol. The highest BCUT2D eigenvalue weighted by atomic mass is 32.2. The molecular weight excluding hydrogens is 238 g/mol. The molecule has 0 aliphatic carbocycles. The van der Waals surface area contributed by atoms with Crippen molar-refractivity contribution in [1.82, 2.24) is 0 Å². The first-order valence-electron chi connectivity index (χ1n) is 4.90. The molecule has 0 aliphatic heterocycles. The third-order valence-electron chi connectivity index (χ3n) is 2.12. The molecule has 0 fully saturated rings. The van der Waals surface area contributed by atoms with Gasteiger partial charge < -0.3 is 15.0 Å². The van der Waals surface area contributed by atoms with Crippen LogP contribution in [0, 0.1) is 0 Å². The van der Waals surface area contributed by atoms with E-state index in [0.29, 0.717) is 17.2 Å². The van der Waals surface area contributed by atoms with Crippen LogP contribution in [0.2, 0.25) is 0 Å². The summed E-state index contributed by atoms with van der Waals surface area (Å²) in [6.45, 7) is 0. The molecule has 5 heteroatoms. The van der Waals surface area contributed by atoms with Gasteiger partial charge in [0.1, 0.15) is 16.4 Å². The normalized spacial score (nSPS) is 12.1. The molecule has 4 nitrogen and oxygen atoms in total. The van der Waals surface area contributed by atoms with E-state index in [1.807, 2.05) is 0 Å². The molecule has 88 valence electrons. The van der Waals surface area contributed by atoms with Crippen molar-refractivity contribution in [1.29, 1.82) is 0 Å². The molecular formula is C12H11NO3S. The molecule has 17 heavy (non-hydrogen) atoms. The van der Waals surface area contributed by atoms with Gasteiger partial charge in [-0.1, -0.05) is 18.2 Å². The quantitative estimate of drug-likeness (QED) is 0.648. The molecule has 0 radical (unpaired) electrons. The average Bonchev–Trinajstić information content (AvgIpc) is 2.29. The summed E-state index contributed by atoms with van der Waals surface area (Å²) in [6.07, 6.45) is 0. The largest absolute Gasteiger partial charge is 0.456 e. The third-order valence-corrected chi connectivity index (χ3v) is 2.84. The molecule has 2 rings (SSSR count). The van der Waals surface area contributed by atoms with Crippen LogP contribution in [0.15, 0.2) is 53.4 Å². The van der Waals surface area contributed by atoms with Gasteiger partial charge >= 0.3 is 0 Å². The van der Waals surface area contributed by atoms with Gasteiger partial charge in [-0.3, -0.25) is 0 Å². The molecule has 0 aromatic heterocycles. The second-order valence-corrected chi connectivity index (χ2v) is 4.31. The molecule has 1 unspecified atom stereocenters. The van der Waals surface area contributed by atoms with Crippen LogP contribution in [0.1, 0.15) is 0 Å². The van der Waals surface area contributed by atoms with Gasteiger partial charge in [-0.05, 0) is 24.3 Å². The zero-order valence-corrected chi connectivity index (χ0v) is 9.68. The van der Waals surface area contributed by atoms with Gasteiger partial charge in [0.15, 0.2) is 11.1 Å². The second-order valence-electron chi connectivity index (χ2n) is 3.37. The second kappa shape index (κ2) is 4.99. The fraction of sp³-hybridized carbons (Fsp3) is 0. The summed E-state index contributed by atoms with van der Waals surface area (Å²) in [7, 11) is 0. The van der Waals surface area contributed by atoms with E-state index < -0.39 is 11.1 Å². The number of rotatable bonds is 3. The number of para-hydroxylation sites is 1. The van der Waals surface area contributed by atoms with Gasteiger partial charge in [0.25, 0.3) is 0 Å². The third kappa shape index (κ3) is 2.83. The molecule has 3 N–H and O–H groups in total. The van der Waals surface area contributed by atoms with Crippen molar-refractivity contribution in [3.8, 4) is 11.5 Å². The van der Waals surface area contributed by atoms with Gasteiger partial charge in [0.2, 0.25) is 0 Å². The van der Waals surface area contributed by atoms with E-state index in [0.717, 1.165) is 0 Å². The van der Waals surface area contributed by atoms with Crippen LogP contribution in [0.25, 0.3) is 0 Å². The molecule has 1 atom stereocenters. The Bertz CT molecular complexity index is 557. The topological polar surface area (TPSA) is 72.5 Å². The summed E-state index contributed by atoms with van der Waals surface area (Å²) in [5.41, 5.74) is 6.19. The van der Waals surface area contributed by atoms with Crippen LogP contribution in [-0.2, 0) is 11.1 Å². The minimum Gasteiger partial charge on any atom is -0.456 e. The minimum atomic E-state index is -2.08. The van der Waals surface area contributed by atoms with Crippen molar-refractivity contribution in [2.24, 2.45) is 0 Å². The molecule has 0 saturated carbocycles. The van der Waals surface area contributed by atoms with E-state index in [2.05, 4.69) is 0 Å². The van der Waals surface area contributed by atoms with E-state index >= 15 is 0 Å². The number of hydrogen-bond acceptors (Lipinski definition) is 3. The van der Waals surface area contributed by atoms with Crippen molar-refractivity contribution in [2.75, 3.05) is 5.73 Å². The SMILES string of the molecule is Nc1cccc(Oc2ccccc2S(=O)O)c1. The first-order valence-corrected chi connectivity index (χ1v) is 6.01. The van der Waals surface area contributed by atoms with Crippen LogP contribution in [-0.4, -0.2) is 8.76 Å². The summed E-state index contributed by atoms with van der Waals surface area (Å²) in [6, 6.07) is 13.5. The van der Waals surface area contributed by atoms with E-state index in [4.69, 9.17) is 15.0 Å². The van der Waals surface area contributed by atoms with Crippen molar-refractivity contribution in [3.63, 3.8) is 0 Å². The predicted octanol–water partition coefficient (Wildman–Crippen LogP) is 2.64. The van der Waals surface area contributed by atoms with Gasteiger partial charge in [-0.2, -0.15) is 0 Å². The molecule has 0 heterocycles. The number of nitrogens with two attached hydrogens (primary N) is 1. The first-order chi connectivity index (χ1) is 8.16. The lowest BCUT2D eigenvalue weighted by Gasteiger charge is -2.08. The Morgan fingerprint density at radius 2 is 1.88 bits per heavy atom. The molecule has 0 aliphatic rings. The molecule has 0 saturated heterocycles. The highest BCUT2D eigenvalue weighted by Gasteiger charge is 2.08. The molecule has 0 amide bonds. The summed E-state index contributed by atoms with van der Waals surface area (Å²) in [5.74, 6) is 0.877. The van der Waals surface area contributed by atoms with Crippen LogP contribution >= 0.6 is 0 Å². The number of anilines is 1. The molecule has 2 aromatic carbocycles. The molecule has 0 bridgehead atoms. The lowest BCUT2D eigenvalue weighted by molar-refractivity contribution is 0.466. The number of ether oxygens (including phenoxy) is 1. The molecule has 0 spiro atoms. The van der Waals surface area contributed by atoms with Crippen LogP contribution in [0.5, 0.6) is 11.5 Å². The van der Waals surface area contributed by atoms with Crippen LogP contribution in [0.4, 0.5) is 5.69 Å². The Morgan fingerprint density at radius 1 is 1.12 bits per heavy atom. The fourth-order valence-electron chi connectivity index (χ4n) is 1.38. The Morgan fingerprint density at radius 3 is 2.59 bits per heavy atom. The highest BCUT2D eigenvalue weighted by Crippen LogP contribution is 2.27. The van der Waals surface area contributed by atoms with E-state index in [1.54, 1.807) is 42.5 Å². The summed E-state index contributed by atoms with van der Waals surface area (Å²) in [5, 5.41) is 0. The minimum absolute atomic E-state index is 0.231. The fourth-order valence-corrected chi connectivity index (χ4v) is 1.86. The standard InChI is InChI=1S/C12H11NO3S/c13-9-4-3-5-10(8-9)16-11-6-1-2-7-12(11)17(14)15/h1-8H,13H2,(H,14,15). The van der Waals surface area contributed by atoms with Gasteiger partial charge in [0, 0.05) is 11.8 Å².